The van der Waals surface area contributed by atoms with E-state index in [0.717, 1.165) is 5.56 Å². The zero-order valence-electron chi connectivity index (χ0n) is 12.8. The quantitative estimate of drug-likeness (QED) is 0.845. The van der Waals surface area contributed by atoms with Crippen LogP contribution in [0.1, 0.15) is 32.8 Å². The van der Waals surface area contributed by atoms with E-state index >= 15 is 0 Å². The Hall–Kier alpha value is -2.04. The summed E-state index contributed by atoms with van der Waals surface area (Å²) in [5.74, 6) is -1.53. The molecule has 1 aromatic rings. The first-order valence-electron chi connectivity index (χ1n) is 6.95. The van der Waals surface area contributed by atoms with Gasteiger partial charge in [0.2, 0.25) is 0 Å². The molecule has 0 aliphatic heterocycles. The Balaban J connectivity index is 2.38. The van der Waals surface area contributed by atoms with Gasteiger partial charge in [0.25, 0.3) is 0 Å². The van der Waals surface area contributed by atoms with Gasteiger partial charge in [-0.3, -0.25) is 4.79 Å². The summed E-state index contributed by atoms with van der Waals surface area (Å²) in [5.41, 5.74) is 0.774. The van der Waals surface area contributed by atoms with Crippen LogP contribution in [0.3, 0.4) is 0 Å². The van der Waals surface area contributed by atoms with Crippen LogP contribution in [0.2, 0.25) is 0 Å². The topological polar surface area (TPSA) is 75.6 Å². The molecule has 5 nitrogen and oxygen atoms in total. The molecule has 1 rings (SSSR count). The number of carboxylic acid groups (broad SMARTS) is 1. The summed E-state index contributed by atoms with van der Waals surface area (Å²) in [7, 11) is 0. The fraction of sp³-hybridized carbons (Fsp3) is 0.500. The number of benzene rings is 1. The highest BCUT2D eigenvalue weighted by Gasteiger charge is 2.25. The molecule has 0 aliphatic rings. The van der Waals surface area contributed by atoms with Gasteiger partial charge in [-0.05, 0) is 17.4 Å². The molecule has 1 amide bonds. The third-order valence-electron chi connectivity index (χ3n) is 2.91. The fourth-order valence-corrected chi connectivity index (χ4v) is 1.97. The number of carbonyl (C=O) groups is 2. The lowest BCUT2D eigenvalue weighted by Crippen LogP contribution is -2.35. The van der Waals surface area contributed by atoms with E-state index in [4.69, 9.17) is 9.84 Å². The van der Waals surface area contributed by atoms with Gasteiger partial charge >= 0.3 is 12.1 Å². The normalized spacial score (nSPS) is 12.5. The van der Waals surface area contributed by atoms with Crippen LogP contribution in [0.4, 0.5) is 4.79 Å². The van der Waals surface area contributed by atoms with Gasteiger partial charge in [-0.15, -0.1) is 0 Å². The molecular formula is C16H23NO4. The van der Waals surface area contributed by atoms with E-state index in [1.807, 2.05) is 51.1 Å². The van der Waals surface area contributed by atoms with Gasteiger partial charge in [-0.1, -0.05) is 51.1 Å². The lowest BCUT2D eigenvalue weighted by Gasteiger charge is -2.23. The molecule has 5 heteroatoms. The fourth-order valence-electron chi connectivity index (χ4n) is 1.97. The Labute approximate surface area is 125 Å². The van der Waals surface area contributed by atoms with Crippen LogP contribution in [0.5, 0.6) is 0 Å². The number of aliphatic carboxylic acids is 1. The van der Waals surface area contributed by atoms with E-state index in [9.17, 15) is 9.59 Å². The minimum absolute atomic E-state index is 0.0697. The maximum Gasteiger partial charge on any atom is 0.407 e. The van der Waals surface area contributed by atoms with E-state index in [1.54, 1.807) is 0 Å². The number of carbonyl (C=O) groups excluding carboxylic acids is 1. The first-order valence-corrected chi connectivity index (χ1v) is 6.95. The molecule has 0 saturated heterocycles. The molecule has 1 unspecified atom stereocenters. The molecule has 0 bridgehead atoms. The Morgan fingerprint density at radius 1 is 1.24 bits per heavy atom. The monoisotopic (exact) mass is 293 g/mol. The Kier molecular flexibility index (Phi) is 6.21. The third kappa shape index (κ3) is 7.34. The summed E-state index contributed by atoms with van der Waals surface area (Å²) in [6, 6.07) is 9.31. The van der Waals surface area contributed by atoms with Crippen molar-refractivity contribution in [1.29, 1.82) is 0 Å². The molecule has 0 radical (unpaired) electrons. The molecule has 0 aliphatic carbocycles. The van der Waals surface area contributed by atoms with Crippen molar-refractivity contribution in [3.63, 3.8) is 0 Å². The van der Waals surface area contributed by atoms with Crippen LogP contribution in [0.15, 0.2) is 30.3 Å². The molecule has 1 aromatic carbocycles. The van der Waals surface area contributed by atoms with Crippen LogP contribution in [-0.4, -0.2) is 23.7 Å². The zero-order valence-corrected chi connectivity index (χ0v) is 12.8. The predicted octanol–water partition coefficient (Wildman–Crippen LogP) is 3.05. The van der Waals surface area contributed by atoms with Gasteiger partial charge < -0.3 is 15.2 Å². The van der Waals surface area contributed by atoms with Crippen molar-refractivity contribution in [3.8, 4) is 0 Å². The molecule has 0 aromatic heterocycles. The van der Waals surface area contributed by atoms with E-state index < -0.39 is 18.0 Å². The number of amides is 1. The second kappa shape index (κ2) is 7.67. The molecule has 21 heavy (non-hydrogen) atoms. The van der Waals surface area contributed by atoms with E-state index in [-0.39, 0.29) is 18.6 Å². The van der Waals surface area contributed by atoms with E-state index in [0.29, 0.717) is 6.42 Å². The Bertz CT molecular complexity index is 465. The van der Waals surface area contributed by atoms with E-state index in [1.165, 1.54) is 0 Å². The van der Waals surface area contributed by atoms with Gasteiger partial charge in [-0.25, -0.2) is 4.79 Å². The van der Waals surface area contributed by atoms with Crippen molar-refractivity contribution >= 4 is 12.1 Å². The largest absolute Gasteiger partial charge is 0.481 e. The predicted molar refractivity (Wildman–Crippen MR) is 79.8 cm³/mol. The van der Waals surface area contributed by atoms with Gasteiger partial charge in [-0.2, -0.15) is 0 Å². The van der Waals surface area contributed by atoms with Gasteiger partial charge in [0, 0.05) is 6.54 Å². The minimum atomic E-state index is -0.909. The average molecular weight is 293 g/mol. The summed E-state index contributed by atoms with van der Waals surface area (Å²) < 4.78 is 5.05. The number of carboxylic acids is 1. The molecule has 116 valence electrons. The molecule has 0 saturated carbocycles. The van der Waals surface area contributed by atoms with Gasteiger partial charge in [0.05, 0.1) is 5.92 Å². The number of alkyl carbamates (subject to hydrolysis) is 1. The number of rotatable bonds is 6. The van der Waals surface area contributed by atoms with Crippen molar-refractivity contribution in [3.05, 3.63) is 35.9 Å². The lowest BCUT2D eigenvalue weighted by molar-refractivity contribution is -0.142. The van der Waals surface area contributed by atoms with Crippen LogP contribution < -0.4 is 5.32 Å². The van der Waals surface area contributed by atoms with Crippen LogP contribution in [-0.2, 0) is 16.1 Å². The van der Waals surface area contributed by atoms with Crippen molar-refractivity contribution < 1.29 is 19.4 Å². The van der Waals surface area contributed by atoms with Crippen molar-refractivity contribution in [2.45, 2.75) is 33.8 Å². The van der Waals surface area contributed by atoms with Crippen LogP contribution >= 0.6 is 0 Å². The first kappa shape index (κ1) is 17.0. The number of hydrogen-bond donors (Lipinski definition) is 2. The smallest absolute Gasteiger partial charge is 0.407 e. The van der Waals surface area contributed by atoms with Gasteiger partial charge in [0.1, 0.15) is 6.61 Å². The van der Waals surface area contributed by atoms with Gasteiger partial charge in [0.15, 0.2) is 0 Å². The molecule has 2 N–H and O–H groups in total. The second-order valence-corrected chi connectivity index (χ2v) is 6.24. The van der Waals surface area contributed by atoms with E-state index in [2.05, 4.69) is 5.32 Å². The SMILES string of the molecule is CC(C)(C)CC(CNC(=O)OCc1ccccc1)C(=O)O. The second-order valence-electron chi connectivity index (χ2n) is 6.24. The molecule has 0 fully saturated rings. The van der Waals surface area contributed by atoms with Crippen molar-refractivity contribution in [2.75, 3.05) is 6.54 Å². The summed E-state index contributed by atoms with van der Waals surface area (Å²) >= 11 is 0. The average Bonchev–Trinajstić information content (AvgIpc) is 2.41. The maximum atomic E-state index is 11.6. The third-order valence-corrected chi connectivity index (χ3v) is 2.91. The summed E-state index contributed by atoms with van der Waals surface area (Å²) in [4.78, 5) is 22.8. The zero-order chi connectivity index (χ0) is 15.9. The Morgan fingerprint density at radius 3 is 2.38 bits per heavy atom. The highest BCUT2D eigenvalue weighted by Crippen LogP contribution is 2.24. The van der Waals surface area contributed by atoms with Crippen LogP contribution in [0.25, 0.3) is 0 Å². The lowest BCUT2D eigenvalue weighted by atomic mass is 9.84. The minimum Gasteiger partial charge on any atom is -0.481 e. The highest BCUT2D eigenvalue weighted by molar-refractivity contribution is 5.72. The molecule has 1 atom stereocenters. The molecule has 0 spiro atoms. The maximum absolute atomic E-state index is 11.6. The highest BCUT2D eigenvalue weighted by atomic mass is 16.5. The molecule has 0 heterocycles. The first-order chi connectivity index (χ1) is 9.78. The summed E-state index contributed by atoms with van der Waals surface area (Å²) in [6.45, 7) is 6.15. The standard InChI is InChI=1S/C16H23NO4/c1-16(2,3)9-13(14(18)19)10-17-15(20)21-11-12-7-5-4-6-8-12/h4-8,13H,9-11H2,1-3H3,(H,17,20)(H,18,19). The van der Waals surface area contributed by atoms with Crippen molar-refractivity contribution in [1.82, 2.24) is 5.32 Å². The van der Waals surface area contributed by atoms with Crippen molar-refractivity contribution in [2.24, 2.45) is 11.3 Å². The summed E-state index contributed by atoms with van der Waals surface area (Å²) in [6.07, 6.45) is -0.111. The number of ether oxygens (including phenoxy) is 1. The van der Waals surface area contributed by atoms with Crippen LogP contribution in [0, 0.1) is 11.3 Å². The number of hydrogen-bond acceptors (Lipinski definition) is 3. The summed E-state index contributed by atoms with van der Waals surface area (Å²) in [5, 5.41) is 11.7. The Morgan fingerprint density at radius 2 is 1.86 bits per heavy atom. The molecular weight excluding hydrogens is 270 g/mol. The number of nitrogens with one attached hydrogen (secondary N) is 1.